The van der Waals surface area contributed by atoms with Crippen LogP contribution in [-0.2, 0) is 0 Å². The first-order valence-corrected chi connectivity index (χ1v) is 6.71. The van der Waals surface area contributed by atoms with Crippen molar-refractivity contribution in [2.45, 2.75) is 9.79 Å². The monoisotopic (exact) mass is 324 g/mol. The third kappa shape index (κ3) is 3.39. The van der Waals surface area contributed by atoms with Gasteiger partial charge in [0.1, 0.15) is 10.3 Å². The van der Waals surface area contributed by atoms with E-state index in [0.717, 1.165) is 4.90 Å². The van der Waals surface area contributed by atoms with Gasteiger partial charge in [-0.05, 0) is 35.9 Å². The Hall–Kier alpha value is -0.190. The van der Waals surface area contributed by atoms with Crippen LogP contribution in [0, 0.1) is 0 Å². The van der Waals surface area contributed by atoms with Gasteiger partial charge in [-0.3, -0.25) is 0 Å². The summed E-state index contributed by atoms with van der Waals surface area (Å²) in [4.78, 5) is 9.18. The molecule has 0 aliphatic carbocycles. The maximum atomic E-state index is 5.95. The van der Waals surface area contributed by atoms with E-state index in [1.807, 2.05) is 12.1 Å². The predicted molar refractivity (Wildman–Crippen MR) is 72.6 cm³/mol. The fourth-order valence-corrected chi connectivity index (χ4v) is 2.85. The van der Waals surface area contributed by atoms with Crippen molar-refractivity contribution >= 4 is 58.2 Å². The van der Waals surface area contributed by atoms with Crippen LogP contribution in [-0.4, -0.2) is 9.97 Å². The molecule has 0 aliphatic rings. The van der Waals surface area contributed by atoms with Crippen molar-refractivity contribution in [3.8, 4) is 0 Å². The van der Waals surface area contributed by atoms with Gasteiger partial charge in [0.15, 0.2) is 0 Å². The lowest BCUT2D eigenvalue weighted by atomic mass is 10.4. The number of aromatic nitrogens is 2. The van der Waals surface area contributed by atoms with E-state index >= 15 is 0 Å². The summed E-state index contributed by atoms with van der Waals surface area (Å²) in [5, 5.41) is 1.16. The van der Waals surface area contributed by atoms with Gasteiger partial charge in [0, 0.05) is 9.92 Å². The smallest absolute Gasteiger partial charge is 0.205 e. The normalized spacial score (nSPS) is 10.6. The van der Waals surface area contributed by atoms with Crippen molar-refractivity contribution in [3.05, 3.63) is 44.9 Å². The molecule has 2 nitrogen and oxygen atoms in total. The second kappa shape index (κ2) is 5.63. The molecule has 0 fully saturated rings. The Bertz CT molecular complexity index is 521. The van der Waals surface area contributed by atoms with Gasteiger partial charge in [0.25, 0.3) is 0 Å². The molecular weight excluding hydrogens is 322 g/mol. The molecule has 0 saturated carbocycles. The second-order valence-electron chi connectivity index (χ2n) is 2.96. The van der Waals surface area contributed by atoms with E-state index in [-0.39, 0.29) is 15.6 Å². The average Bonchev–Trinajstić information content (AvgIpc) is 2.26. The van der Waals surface area contributed by atoms with Crippen LogP contribution in [0.4, 0.5) is 0 Å². The third-order valence-corrected chi connectivity index (χ3v) is 4.08. The summed E-state index contributed by atoms with van der Waals surface area (Å²) >= 11 is 24.7. The fourth-order valence-electron chi connectivity index (χ4n) is 1.08. The summed E-state index contributed by atoms with van der Waals surface area (Å²) in [6.45, 7) is 0. The first kappa shape index (κ1) is 13.2. The van der Waals surface area contributed by atoms with E-state index in [1.165, 1.54) is 11.8 Å². The predicted octanol–water partition coefficient (Wildman–Crippen LogP) is 5.24. The first-order chi connectivity index (χ1) is 8.06. The highest BCUT2D eigenvalue weighted by Crippen LogP contribution is 2.37. The Kier molecular flexibility index (Phi) is 4.39. The zero-order chi connectivity index (χ0) is 12.4. The SMILES string of the molecule is Clc1ccc(Sc2c(Cl)nc(Cl)nc2Cl)cc1. The minimum atomic E-state index is 0.0282. The van der Waals surface area contributed by atoms with Crippen LogP contribution >= 0.6 is 58.2 Å². The van der Waals surface area contributed by atoms with E-state index in [4.69, 9.17) is 46.4 Å². The molecule has 0 spiro atoms. The molecule has 0 saturated heterocycles. The highest BCUT2D eigenvalue weighted by molar-refractivity contribution is 7.99. The minimum Gasteiger partial charge on any atom is -0.205 e. The number of benzene rings is 1. The summed E-state index contributed by atoms with van der Waals surface area (Å²) < 4.78 is 0. The lowest BCUT2D eigenvalue weighted by Gasteiger charge is -2.05. The molecule has 1 aromatic carbocycles. The van der Waals surface area contributed by atoms with Gasteiger partial charge < -0.3 is 0 Å². The fraction of sp³-hybridized carbons (Fsp3) is 0. The van der Waals surface area contributed by atoms with Crippen molar-refractivity contribution in [2.24, 2.45) is 0 Å². The minimum absolute atomic E-state index is 0.0282. The summed E-state index contributed by atoms with van der Waals surface area (Å²) in [6, 6.07) is 7.27. The number of nitrogens with zero attached hydrogens (tertiary/aromatic N) is 2. The van der Waals surface area contributed by atoms with Gasteiger partial charge in [0.2, 0.25) is 5.28 Å². The molecule has 0 aliphatic heterocycles. The Morgan fingerprint density at radius 1 is 0.824 bits per heavy atom. The standard InChI is InChI=1S/C10H4Cl4N2S/c11-5-1-3-6(4-2-5)17-7-8(12)15-10(14)16-9(7)13/h1-4H. The topological polar surface area (TPSA) is 25.8 Å². The van der Waals surface area contributed by atoms with Gasteiger partial charge in [0.05, 0.1) is 4.90 Å². The Balaban J connectivity index is 2.33. The Morgan fingerprint density at radius 2 is 1.35 bits per heavy atom. The number of halogens is 4. The third-order valence-electron chi connectivity index (χ3n) is 1.79. The molecular formula is C10H4Cl4N2S. The lowest BCUT2D eigenvalue weighted by molar-refractivity contribution is 1.10. The van der Waals surface area contributed by atoms with Crippen LogP contribution in [0.25, 0.3) is 0 Å². The van der Waals surface area contributed by atoms with Crippen molar-refractivity contribution < 1.29 is 0 Å². The molecule has 0 N–H and O–H groups in total. The molecule has 0 atom stereocenters. The molecule has 1 heterocycles. The average molecular weight is 326 g/mol. The van der Waals surface area contributed by atoms with E-state index in [2.05, 4.69) is 9.97 Å². The van der Waals surface area contributed by atoms with Gasteiger partial charge in [-0.25, -0.2) is 9.97 Å². The number of hydrogen-bond acceptors (Lipinski definition) is 3. The van der Waals surface area contributed by atoms with Crippen molar-refractivity contribution in [1.29, 1.82) is 0 Å². The number of rotatable bonds is 2. The van der Waals surface area contributed by atoms with Crippen LogP contribution in [0.5, 0.6) is 0 Å². The van der Waals surface area contributed by atoms with Gasteiger partial charge in [-0.15, -0.1) is 0 Å². The molecule has 0 bridgehead atoms. The molecule has 2 rings (SSSR count). The van der Waals surface area contributed by atoms with Crippen LogP contribution < -0.4 is 0 Å². The largest absolute Gasteiger partial charge is 0.225 e. The summed E-state index contributed by atoms with van der Waals surface area (Å²) in [5.74, 6) is 0. The Labute approximate surface area is 122 Å². The molecule has 7 heteroatoms. The van der Waals surface area contributed by atoms with Crippen LogP contribution in [0.3, 0.4) is 0 Å². The van der Waals surface area contributed by atoms with Crippen LogP contribution in [0.15, 0.2) is 34.1 Å². The first-order valence-electron chi connectivity index (χ1n) is 4.38. The highest BCUT2D eigenvalue weighted by Gasteiger charge is 2.12. The molecule has 2 aromatic rings. The van der Waals surface area contributed by atoms with Crippen molar-refractivity contribution in [1.82, 2.24) is 9.97 Å². The highest BCUT2D eigenvalue weighted by atomic mass is 35.5. The molecule has 0 radical (unpaired) electrons. The summed E-state index contributed by atoms with van der Waals surface area (Å²) in [6.07, 6.45) is 0. The van der Waals surface area contributed by atoms with E-state index in [0.29, 0.717) is 9.92 Å². The lowest BCUT2D eigenvalue weighted by Crippen LogP contribution is -1.88. The maximum absolute atomic E-state index is 5.95. The molecule has 0 unspecified atom stereocenters. The molecule has 1 aromatic heterocycles. The van der Waals surface area contributed by atoms with Crippen molar-refractivity contribution in [3.63, 3.8) is 0 Å². The number of hydrogen-bond donors (Lipinski definition) is 0. The molecule has 17 heavy (non-hydrogen) atoms. The second-order valence-corrected chi connectivity index (χ2v) is 5.53. The zero-order valence-electron chi connectivity index (χ0n) is 8.12. The molecule has 0 amide bonds. The van der Waals surface area contributed by atoms with Gasteiger partial charge in [-0.2, -0.15) is 0 Å². The van der Waals surface area contributed by atoms with Crippen molar-refractivity contribution in [2.75, 3.05) is 0 Å². The van der Waals surface area contributed by atoms with Gasteiger partial charge >= 0.3 is 0 Å². The molecule has 88 valence electrons. The van der Waals surface area contributed by atoms with E-state index < -0.39 is 0 Å². The summed E-state index contributed by atoms with van der Waals surface area (Å²) in [5.41, 5.74) is 0. The summed E-state index contributed by atoms with van der Waals surface area (Å²) in [7, 11) is 0. The Morgan fingerprint density at radius 3 is 1.88 bits per heavy atom. The van der Waals surface area contributed by atoms with Gasteiger partial charge in [-0.1, -0.05) is 46.6 Å². The van der Waals surface area contributed by atoms with Crippen LogP contribution in [0.2, 0.25) is 20.6 Å². The van der Waals surface area contributed by atoms with Crippen LogP contribution in [0.1, 0.15) is 0 Å². The van der Waals surface area contributed by atoms with E-state index in [9.17, 15) is 0 Å². The quantitative estimate of drug-likeness (QED) is 0.557. The van der Waals surface area contributed by atoms with E-state index in [1.54, 1.807) is 12.1 Å². The maximum Gasteiger partial charge on any atom is 0.225 e. The zero-order valence-corrected chi connectivity index (χ0v) is 12.0.